The molecule has 0 amide bonds. The smallest absolute Gasteiger partial charge is 0.150 e. The Morgan fingerprint density at radius 2 is 2.29 bits per heavy atom. The molecule has 0 spiro atoms. The summed E-state index contributed by atoms with van der Waals surface area (Å²) in [7, 11) is 0. The summed E-state index contributed by atoms with van der Waals surface area (Å²) in [6.45, 7) is 1.34. The highest BCUT2D eigenvalue weighted by Crippen LogP contribution is 2.26. The van der Waals surface area contributed by atoms with Gasteiger partial charge in [-0.05, 0) is 18.9 Å². The fraction of sp³-hybridized carbons (Fsp3) is 0.571. The summed E-state index contributed by atoms with van der Waals surface area (Å²) < 4.78 is 37.1. The molecular formula is C14H18ClF2NO3. The van der Waals surface area contributed by atoms with Crippen molar-refractivity contribution in [3.8, 4) is 0 Å². The monoisotopic (exact) mass is 321 g/mol. The summed E-state index contributed by atoms with van der Waals surface area (Å²) in [5.74, 6) is -1.55. The van der Waals surface area contributed by atoms with E-state index in [-0.39, 0.29) is 30.0 Å². The molecule has 1 aliphatic rings. The molecule has 2 N–H and O–H groups in total. The van der Waals surface area contributed by atoms with Gasteiger partial charge in [0.15, 0.2) is 5.82 Å². The maximum atomic E-state index is 13.5. The summed E-state index contributed by atoms with van der Waals surface area (Å²) in [5.41, 5.74) is -0.0313. The zero-order valence-corrected chi connectivity index (χ0v) is 12.2. The minimum atomic E-state index is -0.827. The van der Waals surface area contributed by atoms with E-state index in [0.29, 0.717) is 6.61 Å². The average Bonchev–Trinajstić information content (AvgIpc) is 2.90. The molecule has 0 aliphatic carbocycles. The first kappa shape index (κ1) is 16.4. The maximum Gasteiger partial charge on any atom is 0.150 e. The maximum absolute atomic E-state index is 13.5. The predicted octanol–water partition coefficient (Wildman–Crippen LogP) is 2.59. The first-order valence-corrected chi connectivity index (χ1v) is 7.20. The van der Waals surface area contributed by atoms with E-state index in [1.54, 1.807) is 0 Å². The molecule has 1 aromatic carbocycles. The van der Waals surface area contributed by atoms with Crippen molar-refractivity contribution in [1.82, 2.24) is 0 Å². The van der Waals surface area contributed by atoms with Crippen molar-refractivity contribution in [3.63, 3.8) is 0 Å². The van der Waals surface area contributed by atoms with Crippen LogP contribution in [0.2, 0.25) is 5.02 Å². The van der Waals surface area contributed by atoms with Gasteiger partial charge in [-0.15, -0.1) is 0 Å². The van der Waals surface area contributed by atoms with Gasteiger partial charge in [-0.25, -0.2) is 8.78 Å². The van der Waals surface area contributed by atoms with E-state index in [9.17, 15) is 13.9 Å². The molecule has 4 nitrogen and oxygen atoms in total. The molecule has 2 unspecified atom stereocenters. The number of hydrogen-bond acceptors (Lipinski definition) is 4. The summed E-state index contributed by atoms with van der Waals surface area (Å²) in [4.78, 5) is 0. The van der Waals surface area contributed by atoms with E-state index < -0.39 is 17.7 Å². The zero-order chi connectivity index (χ0) is 15.2. The predicted molar refractivity (Wildman–Crippen MR) is 75.7 cm³/mol. The molecule has 2 atom stereocenters. The van der Waals surface area contributed by atoms with E-state index in [0.717, 1.165) is 31.6 Å². The number of aliphatic hydroxyl groups is 1. The average molecular weight is 322 g/mol. The van der Waals surface area contributed by atoms with Crippen LogP contribution in [0, 0.1) is 11.6 Å². The minimum absolute atomic E-state index is 0.0313. The quantitative estimate of drug-likeness (QED) is 0.810. The van der Waals surface area contributed by atoms with Crippen molar-refractivity contribution < 1.29 is 23.4 Å². The highest BCUT2D eigenvalue weighted by molar-refractivity contribution is 6.33. The molecule has 0 saturated carbocycles. The molecule has 1 saturated heterocycles. The van der Waals surface area contributed by atoms with Crippen molar-refractivity contribution in [2.75, 3.05) is 31.7 Å². The van der Waals surface area contributed by atoms with Crippen LogP contribution >= 0.6 is 11.6 Å². The molecular weight excluding hydrogens is 304 g/mol. The molecule has 1 aliphatic heterocycles. The van der Waals surface area contributed by atoms with E-state index >= 15 is 0 Å². The van der Waals surface area contributed by atoms with Gasteiger partial charge in [0.2, 0.25) is 0 Å². The SMILES string of the molecule is OC(CNc1c(F)cc(F)cc1Cl)COCC1CCCO1. The van der Waals surface area contributed by atoms with Crippen molar-refractivity contribution in [2.45, 2.75) is 25.0 Å². The van der Waals surface area contributed by atoms with Crippen LogP contribution in [-0.4, -0.2) is 43.7 Å². The fourth-order valence-corrected chi connectivity index (χ4v) is 2.36. The third-order valence-electron chi connectivity index (χ3n) is 3.16. The summed E-state index contributed by atoms with van der Waals surface area (Å²) in [6, 6.07) is 1.74. The normalized spacial score (nSPS) is 19.7. The number of rotatable bonds is 7. The van der Waals surface area contributed by atoms with Gasteiger partial charge in [0.1, 0.15) is 5.82 Å². The fourth-order valence-electron chi connectivity index (χ4n) is 2.10. The Kier molecular flexibility index (Phi) is 6.17. The first-order valence-electron chi connectivity index (χ1n) is 6.82. The van der Waals surface area contributed by atoms with Crippen LogP contribution in [0.5, 0.6) is 0 Å². The largest absolute Gasteiger partial charge is 0.389 e. The zero-order valence-electron chi connectivity index (χ0n) is 11.4. The molecule has 0 bridgehead atoms. The van der Waals surface area contributed by atoms with E-state index in [1.165, 1.54) is 0 Å². The summed E-state index contributed by atoms with van der Waals surface area (Å²) >= 11 is 5.74. The van der Waals surface area contributed by atoms with Gasteiger partial charge in [-0.3, -0.25) is 0 Å². The Morgan fingerprint density at radius 3 is 2.95 bits per heavy atom. The van der Waals surface area contributed by atoms with E-state index in [1.807, 2.05) is 0 Å². The second kappa shape index (κ2) is 7.89. The van der Waals surface area contributed by atoms with Gasteiger partial charge in [-0.2, -0.15) is 0 Å². The summed E-state index contributed by atoms with van der Waals surface area (Å²) in [6.07, 6.45) is 1.26. The number of halogens is 3. The second-order valence-electron chi connectivity index (χ2n) is 4.95. The highest BCUT2D eigenvalue weighted by Gasteiger charge is 2.16. The molecule has 118 valence electrons. The molecule has 21 heavy (non-hydrogen) atoms. The Labute approximate surface area is 127 Å². The third-order valence-corrected chi connectivity index (χ3v) is 3.46. The second-order valence-corrected chi connectivity index (χ2v) is 5.36. The number of hydrogen-bond donors (Lipinski definition) is 2. The van der Waals surface area contributed by atoms with Gasteiger partial charge >= 0.3 is 0 Å². The first-order chi connectivity index (χ1) is 10.1. The van der Waals surface area contributed by atoms with Crippen molar-refractivity contribution in [2.24, 2.45) is 0 Å². The molecule has 0 radical (unpaired) electrons. The van der Waals surface area contributed by atoms with Crippen LogP contribution in [0.25, 0.3) is 0 Å². The lowest BCUT2D eigenvalue weighted by Crippen LogP contribution is -2.27. The van der Waals surface area contributed by atoms with Crippen LogP contribution in [0.3, 0.4) is 0 Å². The lowest BCUT2D eigenvalue weighted by atomic mass is 10.2. The Balaban J connectivity index is 1.72. The topological polar surface area (TPSA) is 50.7 Å². The molecule has 0 aromatic heterocycles. The molecule has 7 heteroatoms. The van der Waals surface area contributed by atoms with Crippen LogP contribution in [0.4, 0.5) is 14.5 Å². The lowest BCUT2D eigenvalue weighted by molar-refractivity contribution is -0.0137. The lowest BCUT2D eigenvalue weighted by Gasteiger charge is -2.16. The van der Waals surface area contributed by atoms with Crippen LogP contribution in [0.1, 0.15) is 12.8 Å². The number of anilines is 1. The minimum Gasteiger partial charge on any atom is -0.389 e. The molecule has 1 aromatic rings. The Morgan fingerprint density at radius 1 is 1.48 bits per heavy atom. The van der Waals surface area contributed by atoms with E-state index in [4.69, 9.17) is 21.1 Å². The molecule has 1 heterocycles. The number of nitrogens with one attached hydrogen (secondary N) is 1. The van der Waals surface area contributed by atoms with Crippen LogP contribution < -0.4 is 5.32 Å². The Hall–Kier alpha value is -0.950. The van der Waals surface area contributed by atoms with Gasteiger partial charge < -0.3 is 19.9 Å². The van der Waals surface area contributed by atoms with Crippen molar-refractivity contribution in [3.05, 3.63) is 28.8 Å². The number of aliphatic hydroxyl groups excluding tert-OH is 1. The van der Waals surface area contributed by atoms with E-state index in [2.05, 4.69) is 5.32 Å². The van der Waals surface area contributed by atoms with Gasteiger partial charge in [0.25, 0.3) is 0 Å². The van der Waals surface area contributed by atoms with Gasteiger partial charge in [0.05, 0.1) is 36.1 Å². The molecule has 1 fully saturated rings. The Bertz CT molecular complexity index is 447. The third kappa shape index (κ3) is 5.07. The standard InChI is InChI=1S/C14H18ClF2NO3/c15-12-4-9(16)5-13(17)14(12)18-6-10(19)7-20-8-11-2-1-3-21-11/h4-5,10-11,18-19H,1-3,6-8H2. The number of ether oxygens (including phenoxy) is 2. The number of benzene rings is 1. The van der Waals surface area contributed by atoms with Crippen LogP contribution in [-0.2, 0) is 9.47 Å². The molecule has 2 rings (SSSR count). The van der Waals surface area contributed by atoms with Gasteiger partial charge in [-0.1, -0.05) is 11.6 Å². The van der Waals surface area contributed by atoms with Crippen molar-refractivity contribution in [1.29, 1.82) is 0 Å². The van der Waals surface area contributed by atoms with Crippen molar-refractivity contribution >= 4 is 17.3 Å². The van der Waals surface area contributed by atoms with Gasteiger partial charge in [0, 0.05) is 19.2 Å². The van der Waals surface area contributed by atoms with Crippen LogP contribution in [0.15, 0.2) is 12.1 Å². The highest BCUT2D eigenvalue weighted by atomic mass is 35.5. The summed E-state index contributed by atoms with van der Waals surface area (Å²) in [5, 5.41) is 12.3.